The van der Waals surface area contributed by atoms with Crippen molar-refractivity contribution in [3.05, 3.63) is 22.6 Å². The van der Waals surface area contributed by atoms with E-state index in [9.17, 15) is 4.21 Å². The summed E-state index contributed by atoms with van der Waals surface area (Å²) >= 11 is 0. The molecule has 0 aromatic carbocycles. The second-order valence-corrected chi connectivity index (χ2v) is 4.21. The molecule has 0 N–H and O–H groups in total. The average Bonchev–Trinajstić information content (AvgIpc) is 2.34. The lowest BCUT2D eigenvalue weighted by Crippen LogP contribution is -1.91. The van der Waals surface area contributed by atoms with Crippen LogP contribution in [0.3, 0.4) is 0 Å². The van der Waals surface area contributed by atoms with Gasteiger partial charge in [-0.2, -0.15) is 0 Å². The minimum absolute atomic E-state index is 0.647. The molecule has 1 saturated heterocycles. The molecule has 10 heavy (non-hydrogen) atoms. The molecule has 0 radical (unpaired) electrons. The first-order chi connectivity index (χ1) is 4.88. The summed E-state index contributed by atoms with van der Waals surface area (Å²) in [7, 11) is -0.647. The summed E-state index contributed by atoms with van der Waals surface area (Å²) in [6.45, 7) is 0. The fourth-order valence-electron chi connectivity index (χ4n) is 1.48. The summed E-state index contributed by atoms with van der Waals surface area (Å²) in [4.78, 5) is 1.13. The van der Waals surface area contributed by atoms with Crippen molar-refractivity contribution in [2.24, 2.45) is 0 Å². The van der Waals surface area contributed by atoms with Crippen LogP contribution >= 0.6 is 0 Å². The molecule has 1 unspecified atom stereocenters. The van der Waals surface area contributed by atoms with E-state index in [1.807, 2.05) is 0 Å². The molecule has 54 valence electrons. The average molecular weight is 154 g/mol. The number of hydrogen-bond acceptors (Lipinski definition) is 1. The van der Waals surface area contributed by atoms with Gasteiger partial charge in [-0.25, -0.2) is 0 Å². The first-order valence-electron chi connectivity index (χ1n) is 3.66. The second kappa shape index (κ2) is 2.35. The summed E-state index contributed by atoms with van der Waals surface area (Å²) in [5.41, 5.74) is 1.35. The van der Waals surface area contributed by atoms with E-state index < -0.39 is 10.8 Å². The molecule has 1 heterocycles. The van der Waals surface area contributed by atoms with Crippen molar-refractivity contribution in [1.29, 1.82) is 0 Å². The maximum Gasteiger partial charge on any atom is 0.0532 e. The van der Waals surface area contributed by atoms with Crippen LogP contribution in [0.5, 0.6) is 0 Å². The molecule has 1 atom stereocenters. The molecule has 1 aliphatic heterocycles. The highest BCUT2D eigenvalue weighted by molar-refractivity contribution is 7.89. The van der Waals surface area contributed by atoms with E-state index in [4.69, 9.17) is 0 Å². The SMILES string of the molecule is O=S1CCC2=CCCC=C21. The van der Waals surface area contributed by atoms with Gasteiger partial charge in [-0.05, 0) is 24.8 Å². The third-order valence-electron chi connectivity index (χ3n) is 2.01. The smallest absolute Gasteiger partial charge is 0.0532 e. The molecule has 0 bridgehead atoms. The molecular formula is C8H10OS. The fourth-order valence-corrected chi connectivity index (χ4v) is 2.89. The van der Waals surface area contributed by atoms with Crippen molar-refractivity contribution in [3.8, 4) is 0 Å². The lowest BCUT2D eigenvalue weighted by molar-refractivity contribution is 0.689. The van der Waals surface area contributed by atoms with E-state index in [1.54, 1.807) is 0 Å². The summed E-state index contributed by atoms with van der Waals surface area (Å²) in [6, 6.07) is 0. The Labute approximate surface area is 63.3 Å². The molecule has 2 heteroatoms. The Morgan fingerprint density at radius 2 is 2.10 bits per heavy atom. The van der Waals surface area contributed by atoms with Crippen LogP contribution in [-0.2, 0) is 10.8 Å². The molecule has 2 rings (SSSR count). The number of allylic oxidation sites excluding steroid dienone is 3. The van der Waals surface area contributed by atoms with Gasteiger partial charge >= 0.3 is 0 Å². The number of hydrogen-bond donors (Lipinski definition) is 0. The summed E-state index contributed by atoms with van der Waals surface area (Å²) < 4.78 is 11.2. The Bertz CT molecular complexity index is 238. The van der Waals surface area contributed by atoms with Crippen molar-refractivity contribution < 1.29 is 4.21 Å². The molecule has 0 saturated carbocycles. The van der Waals surface area contributed by atoms with Crippen LogP contribution < -0.4 is 0 Å². The molecule has 0 spiro atoms. The first-order valence-corrected chi connectivity index (χ1v) is 4.98. The molecule has 1 nitrogen and oxygen atoms in total. The Morgan fingerprint density at radius 1 is 1.30 bits per heavy atom. The van der Waals surface area contributed by atoms with E-state index in [1.165, 1.54) is 5.57 Å². The molecule has 1 fully saturated rings. The lowest BCUT2D eigenvalue weighted by atomic mass is 10.1. The summed E-state index contributed by atoms with van der Waals surface area (Å²) in [5, 5.41) is 0. The highest BCUT2D eigenvalue weighted by atomic mass is 32.2. The van der Waals surface area contributed by atoms with Crippen LogP contribution in [0.25, 0.3) is 0 Å². The highest BCUT2D eigenvalue weighted by Gasteiger charge is 2.21. The van der Waals surface area contributed by atoms with E-state index in [2.05, 4.69) is 12.2 Å². The van der Waals surface area contributed by atoms with Crippen molar-refractivity contribution in [1.82, 2.24) is 0 Å². The molecule has 0 aromatic heterocycles. The van der Waals surface area contributed by atoms with Crippen LogP contribution in [0.1, 0.15) is 19.3 Å². The van der Waals surface area contributed by atoms with E-state index >= 15 is 0 Å². The number of fused-ring (bicyclic) bond motifs is 1. The third-order valence-corrected chi connectivity index (χ3v) is 3.50. The van der Waals surface area contributed by atoms with Gasteiger partial charge in [0.05, 0.1) is 10.8 Å². The fraction of sp³-hybridized carbons (Fsp3) is 0.500. The normalized spacial score (nSPS) is 31.0. The van der Waals surface area contributed by atoms with Crippen molar-refractivity contribution in [2.45, 2.75) is 19.3 Å². The zero-order valence-corrected chi connectivity index (χ0v) is 6.62. The second-order valence-electron chi connectivity index (χ2n) is 2.67. The van der Waals surface area contributed by atoms with Crippen molar-refractivity contribution >= 4 is 10.8 Å². The van der Waals surface area contributed by atoms with Gasteiger partial charge < -0.3 is 0 Å². The maximum atomic E-state index is 11.2. The molecule has 0 amide bonds. The van der Waals surface area contributed by atoms with E-state index in [0.29, 0.717) is 0 Å². The van der Waals surface area contributed by atoms with Crippen LogP contribution in [0.4, 0.5) is 0 Å². The zero-order chi connectivity index (χ0) is 6.97. The van der Waals surface area contributed by atoms with Crippen molar-refractivity contribution in [3.63, 3.8) is 0 Å². The predicted molar refractivity (Wildman–Crippen MR) is 43.0 cm³/mol. The molecular weight excluding hydrogens is 144 g/mol. The third kappa shape index (κ3) is 0.870. The summed E-state index contributed by atoms with van der Waals surface area (Å²) in [6.07, 6.45) is 7.65. The molecule has 0 aromatic rings. The Morgan fingerprint density at radius 3 is 2.90 bits per heavy atom. The van der Waals surface area contributed by atoms with Gasteiger partial charge in [0.1, 0.15) is 0 Å². The van der Waals surface area contributed by atoms with Crippen LogP contribution in [-0.4, -0.2) is 9.96 Å². The van der Waals surface area contributed by atoms with Gasteiger partial charge in [-0.3, -0.25) is 4.21 Å². The zero-order valence-electron chi connectivity index (χ0n) is 5.80. The lowest BCUT2D eigenvalue weighted by Gasteiger charge is -2.04. The minimum Gasteiger partial charge on any atom is -0.254 e. The number of rotatable bonds is 0. The van der Waals surface area contributed by atoms with E-state index in [-0.39, 0.29) is 0 Å². The van der Waals surface area contributed by atoms with Gasteiger partial charge in [0.15, 0.2) is 0 Å². The predicted octanol–water partition coefficient (Wildman–Crippen LogP) is 1.74. The Kier molecular flexibility index (Phi) is 1.49. The monoisotopic (exact) mass is 154 g/mol. The van der Waals surface area contributed by atoms with Gasteiger partial charge in [0, 0.05) is 10.7 Å². The summed E-state index contributed by atoms with van der Waals surface area (Å²) in [5.74, 6) is 0.859. The van der Waals surface area contributed by atoms with Crippen LogP contribution in [0, 0.1) is 0 Å². The van der Waals surface area contributed by atoms with Crippen LogP contribution in [0.15, 0.2) is 22.6 Å². The highest BCUT2D eigenvalue weighted by Crippen LogP contribution is 2.30. The molecule has 1 aliphatic carbocycles. The van der Waals surface area contributed by atoms with Gasteiger partial charge in [0.25, 0.3) is 0 Å². The van der Waals surface area contributed by atoms with E-state index in [0.717, 1.165) is 29.9 Å². The standard InChI is InChI=1S/C8H10OS/c9-10-6-5-7-3-1-2-4-8(7)10/h3-4H,1-2,5-6H2. The Balaban J connectivity index is 2.39. The quantitative estimate of drug-likeness (QED) is 0.519. The molecule has 2 aliphatic rings. The Hall–Kier alpha value is -0.370. The van der Waals surface area contributed by atoms with Crippen molar-refractivity contribution in [2.75, 3.05) is 5.75 Å². The minimum atomic E-state index is -0.647. The van der Waals surface area contributed by atoms with Crippen LogP contribution in [0.2, 0.25) is 0 Å². The largest absolute Gasteiger partial charge is 0.254 e. The first kappa shape index (κ1) is 6.35. The van der Waals surface area contributed by atoms with Gasteiger partial charge in [0.2, 0.25) is 0 Å². The van der Waals surface area contributed by atoms with Gasteiger partial charge in [-0.15, -0.1) is 0 Å². The maximum absolute atomic E-state index is 11.2. The topological polar surface area (TPSA) is 17.1 Å². The van der Waals surface area contributed by atoms with Gasteiger partial charge in [-0.1, -0.05) is 12.2 Å².